The van der Waals surface area contributed by atoms with Crippen LogP contribution in [0.5, 0.6) is 0 Å². The lowest BCUT2D eigenvalue weighted by Crippen LogP contribution is -2.67. The van der Waals surface area contributed by atoms with E-state index in [0.717, 1.165) is 6.42 Å². The summed E-state index contributed by atoms with van der Waals surface area (Å²) in [6, 6.07) is 20.5. The molecular formula is C28H37NO4Si. The molecule has 1 saturated heterocycles. The second-order valence-electron chi connectivity index (χ2n) is 10.2. The third-order valence-electron chi connectivity index (χ3n) is 6.21. The fourth-order valence-corrected chi connectivity index (χ4v) is 9.38. The maximum Gasteiger partial charge on any atom is 0.261 e. The Bertz CT molecular complexity index is 955. The van der Waals surface area contributed by atoms with Crippen molar-refractivity contribution in [1.82, 2.24) is 0 Å². The molecule has 0 amide bonds. The summed E-state index contributed by atoms with van der Waals surface area (Å²) in [7, 11) is -2.73. The number of hydrogen-bond acceptors (Lipinski definition) is 5. The van der Waals surface area contributed by atoms with Gasteiger partial charge in [-0.05, 0) is 35.7 Å². The number of aliphatic imine (C=N–C) groups is 1. The van der Waals surface area contributed by atoms with Crippen LogP contribution in [0, 0.1) is 0 Å². The normalized spacial score (nSPS) is 21.4. The lowest BCUT2D eigenvalue weighted by Gasteiger charge is -2.43. The Morgan fingerprint density at radius 3 is 2.09 bits per heavy atom. The first-order chi connectivity index (χ1) is 16.1. The zero-order chi connectivity index (χ0) is 24.8. The highest BCUT2D eigenvalue weighted by atomic mass is 28.4. The minimum atomic E-state index is -2.73. The molecule has 3 rings (SSSR count). The molecule has 1 aliphatic rings. The van der Waals surface area contributed by atoms with E-state index >= 15 is 0 Å². The SMILES string of the molecule is CC/C=C/[C@H](N=C=O)[C@H]1OC(C)(C)O[C@@H]1CO[Si](c1ccccc1)(c1ccccc1)C(C)(C)C. The summed E-state index contributed by atoms with van der Waals surface area (Å²) < 4.78 is 19.6. The second-order valence-corrected chi connectivity index (χ2v) is 14.5. The first kappa shape index (κ1) is 26.3. The van der Waals surface area contributed by atoms with Gasteiger partial charge in [0.15, 0.2) is 5.79 Å². The maximum absolute atomic E-state index is 11.2. The van der Waals surface area contributed by atoms with Gasteiger partial charge in [-0.1, -0.05) is 101 Å². The van der Waals surface area contributed by atoms with E-state index in [1.807, 2.05) is 45.1 Å². The molecule has 0 N–H and O–H groups in total. The van der Waals surface area contributed by atoms with Crippen LogP contribution in [-0.2, 0) is 18.7 Å². The first-order valence-electron chi connectivity index (χ1n) is 12.0. The number of rotatable bonds is 9. The summed E-state index contributed by atoms with van der Waals surface area (Å²) in [6.45, 7) is 12.9. The van der Waals surface area contributed by atoms with E-state index in [-0.39, 0.29) is 11.1 Å². The van der Waals surface area contributed by atoms with E-state index in [0.29, 0.717) is 6.61 Å². The van der Waals surface area contributed by atoms with Crippen molar-refractivity contribution in [1.29, 1.82) is 0 Å². The summed E-state index contributed by atoms with van der Waals surface area (Å²) in [5.41, 5.74) is 0. The minimum absolute atomic E-state index is 0.150. The van der Waals surface area contributed by atoms with E-state index < -0.39 is 26.3 Å². The summed E-state index contributed by atoms with van der Waals surface area (Å²) in [6.07, 6.45) is 5.59. The largest absolute Gasteiger partial charge is 0.405 e. The van der Waals surface area contributed by atoms with Crippen LogP contribution in [0.15, 0.2) is 77.8 Å². The van der Waals surface area contributed by atoms with E-state index in [4.69, 9.17) is 13.9 Å². The predicted molar refractivity (Wildman–Crippen MR) is 139 cm³/mol. The molecule has 2 aromatic carbocycles. The molecule has 34 heavy (non-hydrogen) atoms. The molecule has 182 valence electrons. The Balaban J connectivity index is 2.03. The fourth-order valence-electron chi connectivity index (χ4n) is 4.81. The standard InChI is InChI=1S/C28H37NO4Si/c1-7-8-19-24(29-21-30)26-25(32-28(5,6)33-26)20-31-34(27(2,3)4,22-15-11-9-12-16-22)23-17-13-10-14-18-23/h8-19,24-26H,7,20H2,1-6H3/b19-8+/t24-,25+,26+/m0/s1. The highest BCUT2D eigenvalue weighted by Gasteiger charge is 2.52. The van der Waals surface area contributed by atoms with Gasteiger partial charge in [-0.3, -0.25) is 0 Å². The molecule has 1 heterocycles. The van der Waals surface area contributed by atoms with E-state index in [2.05, 4.69) is 74.3 Å². The van der Waals surface area contributed by atoms with Gasteiger partial charge in [-0.15, -0.1) is 0 Å². The van der Waals surface area contributed by atoms with Crippen molar-refractivity contribution in [3.05, 3.63) is 72.8 Å². The number of nitrogens with zero attached hydrogens (tertiary/aromatic N) is 1. The van der Waals surface area contributed by atoms with Crippen molar-refractivity contribution in [2.45, 2.75) is 77.0 Å². The van der Waals surface area contributed by atoms with Crippen LogP contribution in [0.4, 0.5) is 0 Å². The maximum atomic E-state index is 11.2. The van der Waals surface area contributed by atoms with Crippen molar-refractivity contribution in [2.75, 3.05) is 6.61 Å². The average molecular weight is 480 g/mol. The number of ether oxygens (including phenoxy) is 2. The molecule has 5 nitrogen and oxygen atoms in total. The van der Waals surface area contributed by atoms with Gasteiger partial charge >= 0.3 is 0 Å². The Kier molecular flexibility index (Phi) is 8.45. The molecule has 0 aliphatic carbocycles. The molecule has 0 radical (unpaired) electrons. The molecule has 1 fully saturated rings. The third-order valence-corrected chi connectivity index (χ3v) is 11.2. The van der Waals surface area contributed by atoms with Crippen molar-refractivity contribution < 1.29 is 18.7 Å². The number of hydrogen-bond donors (Lipinski definition) is 0. The number of carbonyl (C=O) groups excluding carboxylic acids is 1. The van der Waals surface area contributed by atoms with Crippen LogP contribution in [0.3, 0.4) is 0 Å². The highest BCUT2D eigenvalue weighted by Crippen LogP contribution is 2.38. The van der Waals surface area contributed by atoms with Crippen molar-refractivity contribution in [3.63, 3.8) is 0 Å². The number of benzene rings is 2. The van der Waals surface area contributed by atoms with Gasteiger partial charge in [-0.25, -0.2) is 4.79 Å². The van der Waals surface area contributed by atoms with Gasteiger partial charge in [0, 0.05) is 0 Å². The van der Waals surface area contributed by atoms with E-state index in [1.54, 1.807) is 6.08 Å². The van der Waals surface area contributed by atoms with Crippen LogP contribution in [0.1, 0.15) is 48.0 Å². The molecule has 6 heteroatoms. The molecule has 0 saturated carbocycles. The second kappa shape index (κ2) is 10.9. The van der Waals surface area contributed by atoms with Crippen LogP contribution in [0.2, 0.25) is 5.04 Å². The van der Waals surface area contributed by atoms with Crippen LogP contribution >= 0.6 is 0 Å². The van der Waals surface area contributed by atoms with Gasteiger partial charge in [0.2, 0.25) is 6.08 Å². The van der Waals surface area contributed by atoms with Crippen LogP contribution in [-0.4, -0.2) is 45.0 Å². The minimum Gasteiger partial charge on any atom is -0.405 e. The smallest absolute Gasteiger partial charge is 0.261 e. The molecule has 0 aromatic heterocycles. The Morgan fingerprint density at radius 1 is 1.06 bits per heavy atom. The third kappa shape index (κ3) is 5.65. The van der Waals surface area contributed by atoms with Gasteiger partial charge in [0.1, 0.15) is 18.2 Å². The number of allylic oxidation sites excluding steroid dienone is 1. The zero-order valence-electron chi connectivity index (χ0n) is 21.2. The Hall–Kier alpha value is -2.34. The molecule has 0 bridgehead atoms. The Labute approximate surface area is 205 Å². The van der Waals surface area contributed by atoms with Crippen LogP contribution < -0.4 is 10.4 Å². The van der Waals surface area contributed by atoms with Crippen molar-refractivity contribution in [3.8, 4) is 0 Å². The van der Waals surface area contributed by atoms with E-state index in [1.165, 1.54) is 10.4 Å². The molecular weight excluding hydrogens is 442 g/mol. The quantitative estimate of drug-likeness (QED) is 0.225. The summed E-state index contributed by atoms with van der Waals surface area (Å²) in [4.78, 5) is 15.2. The lowest BCUT2D eigenvalue weighted by atomic mass is 10.1. The van der Waals surface area contributed by atoms with Gasteiger partial charge < -0.3 is 13.9 Å². The summed E-state index contributed by atoms with van der Waals surface area (Å²) >= 11 is 0. The van der Waals surface area contributed by atoms with Gasteiger partial charge in [0.25, 0.3) is 8.32 Å². The Morgan fingerprint density at radius 2 is 1.62 bits per heavy atom. The zero-order valence-corrected chi connectivity index (χ0v) is 22.2. The predicted octanol–water partition coefficient (Wildman–Crippen LogP) is 4.75. The van der Waals surface area contributed by atoms with Gasteiger partial charge in [0.05, 0.1) is 6.61 Å². The molecule has 1 aliphatic heterocycles. The first-order valence-corrected chi connectivity index (χ1v) is 13.9. The summed E-state index contributed by atoms with van der Waals surface area (Å²) in [5, 5.41) is 2.26. The topological polar surface area (TPSA) is 57.1 Å². The molecule has 0 unspecified atom stereocenters. The molecule has 0 spiro atoms. The number of isocyanates is 1. The molecule has 3 atom stereocenters. The van der Waals surface area contributed by atoms with Crippen molar-refractivity contribution in [2.24, 2.45) is 4.99 Å². The average Bonchev–Trinajstić information content (AvgIpc) is 3.12. The molecule has 2 aromatic rings. The van der Waals surface area contributed by atoms with Crippen molar-refractivity contribution >= 4 is 24.8 Å². The lowest BCUT2D eigenvalue weighted by molar-refractivity contribution is -0.149. The van der Waals surface area contributed by atoms with Gasteiger partial charge in [-0.2, -0.15) is 4.99 Å². The van der Waals surface area contributed by atoms with E-state index in [9.17, 15) is 4.79 Å². The summed E-state index contributed by atoms with van der Waals surface area (Å²) in [5.74, 6) is -0.805. The highest BCUT2D eigenvalue weighted by molar-refractivity contribution is 6.99. The fraction of sp³-hybridized carbons (Fsp3) is 0.464. The monoisotopic (exact) mass is 479 g/mol. The van der Waals surface area contributed by atoms with Crippen LogP contribution in [0.25, 0.3) is 0 Å².